The molecule has 2 N–H and O–H groups in total. The summed E-state index contributed by atoms with van der Waals surface area (Å²) in [6.45, 7) is 3.24. The monoisotopic (exact) mass is 294 g/mol. The highest BCUT2D eigenvalue weighted by atomic mass is 32.2. The zero-order chi connectivity index (χ0) is 14.8. The van der Waals surface area contributed by atoms with Crippen molar-refractivity contribution in [3.8, 4) is 0 Å². The maximum atomic E-state index is 12.5. The molecule has 20 heavy (non-hydrogen) atoms. The van der Waals surface area contributed by atoms with E-state index >= 15 is 0 Å². The number of rotatable bonds is 5. The maximum absolute atomic E-state index is 12.5. The molecule has 2 aromatic rings. The number of pyridine rings is 1. The molecule has 1 aromatic heterocycles. The first-order chi connectivity index (χ1) is 9.42. The van der Waals surface area contributed by atoms with Gasteiger partial charge in [0.25, 0.3) is 0 Å². The van der Waals surface area contributed by atoms with Crippen molar-refractivity contribution < 1.29 is 13.5 Å². The lowest BCUT2D eigenvalue weighted by molar-refractivity contribution is 0.191. The Balaban J connectivity index is 2.53. The molecule has 0 aliphatic rings. The maximum Gasteiger partial charge on any atom is 0.241 e. The molecule has 6 heteroatoms. The molecule has 0 aliphatic carbocycles. The number of sulfonamides is 1. The van der Waals surface area contributed by atoms with Gasteiger partial charge in [0.05, 0.1) is 22.6 Å². The molecule has 5 nitrogen and oxygen atoms in total. The van der Waals surface area contributed by atoms with Gasteiger partial charge in [0.2, 0.25) is 10.0 Å². The average Bonchev–Trinajstić information content (AvgIpc) is 2.46. The van der Waals surface area contributed by atoms with Crippen LogP contribution < -0.4 is 4.72 Å². The molecule has 1 unspecified atom stereocenters. The van der Waals surface area contributed by atoms with Crippen LogP contribution in [0.25, 0.3) is 10.9 Å². The van der Waals surface area contributed by atoms with Crippen molar-refractivity contribution in [2.24, 2.45) is 0 Å². The molecule has 0 spiro atoms. The van der Waals surface area contributed by atoms with Gasteiger partial charge in [0.15, 0.2) is 0 Å². The number of aromatic nitrogens is 1. The van der Waals surface area contributed by atoms with E-state index in [9.17, 15) is 13.5 Å². The van der Waals surface area contributed by atoms with Crippen LogP contribution in [0.5, 0.6) is 0 Å². The highest BCUT2D eigenvalue weighted by Crippen LogP contribution is 2.23. The van der Waals surface area contributed by atoms with Crippen LogP contribution in [0.4, 0.5) is 0 Å². The zero-order valence-corrected chi connectivity index (χ0v) is 12.3. The molecule has 2 rings (SSSR count). The lowest BCUT2D eigenvalue weighted by atomic mass is 10.0. The first-order valence-electron chi connectivity index (χ1n) is 6.40. The van der Waals surface area contributed by atoms with Crippen molar-refractivity contribution in [3.05, 3.63) is 36.5 Å². The molecule has 0 aliphatic heterocycles. The van der Waals surface area contributed by atoms with E-state index in [2.05, 4.69) is 9.71 Å². The third-order valence-electron chi connectivity index (χ3n) is 3.41. The summed E-state index contributed by atoms with van der Waals surface area (Å²) in [5, 5.41) is 9.94. The molecule has 108 valence electrons. The predicted molar refractivity (Wildman–Crippen MR) is 77.8 cm³/mol. The average molecular weight is 294 g/mol. The highest BCUT2D eigenvalue weighted by Gasteiger charge is 2.29. The number of aliphatic hydroxyl groups excluding tert-OH is 1. The summed E-state index contributed by atoms with van der Waals surface area (Å²) < 4.78 is 27.6. The second-order valence-corrected chi connectivity index (χ2v) is 6.65. The Morgan fingerprint density at radius 3 is 2.70 bits per heavy atom. The van der Waals surface area contributed by atoms with E-state index in [0.29, 0.717) is 17.3 Å². The minimum atomic E-state index is -3.72. The van der Waals surface area contributed by atoms with Gasteiger partial charge < -0.3 is 5.11 Å². The smallest absolute Gasteiger partial charge is 0.241 e. The van der Waals surface area contributed by atoms with E-state index in [0.717, 1.165) is 0 Å². The first kappa shape index (κ1) is 14.9. The first-order valence-corrected chi connectivity index (χ1v) is 7.89. The Kier molecular flexibility index (Phi) is 4.08. The molecule has 0 amide bonds. The lowest BCUT2D eigenvalue weighted by Gasteiger charge is -2.27. The minimum absolute atomic E-state index is 0.177. The summed E-state index contributed by atoms with van der Waals surface area (Å²) in [5.74, 6) is 0. The van der Waals surface area contributed by atoms with Crippen LogP contribution in [0.3, 0.4) is 0 Å². The largest absolute Gasteiger partial charge is 0.394 e. The quantitative estimate of drug-likeness (QED) is 0.879. The van der Waals surface area contributed by atoms with Crippen LogP contribution in [-0.2, 0) is 10.0 Å². The Morgan fingerprint density at radius 1 is 1.30 bits per heavy atom. The molecule has 1 aromatic carbocycles. The van der Waals surface area contributed by atoms with Gasteiger partial charge in [-0.1, -0.05) is 13.0 Å². The lowest BCUT2D eigenvalue weighted by Crippen LogP contribution is -2.48. The fourth-order valence-corrected chi connectivity index (χ4v) is 3.59. The number of aliphatic hydroxyl groups is 1. The van der Waals surface area contributed by atoms with Crippen molar-refractivity contribution in [3.63, 3.8) is 0 Å². The van der Waals surface area contributed by atoms with E-state index in [1.54, 1.807) is 43.5 Å². The molecule has 0 fully saturated rings. The molecule has 1 heterocycles. The number of benzene rings is 1. The van der Waals surface area contributed by atoms with Crippen LogP contribution >= 0.6 is 0 Å². The Morgan fingerprint density at radius 2 is 2.05 bits per heavy atom. The van der Waals surface area contributed by atoms with Crippen LogP contribution in [0.15, 0.2) is 41.4 Å². The number of hydrogen-bond acceptors (Lipinski definition) is 4. The van der Waals surface area contributed by atoms with Crippen LogP contribution in [-0.4, -0.2) is 30.7 Å². The Hall–Kier alpha value is -1.50. The van der Waals surface area contributed by atoms with E-state index in [1.807, 2.05) is 6.92 Å². The molecule has 0 saturated carbocycles. The van der Waals surface area contributed by atoms with Crippen LogP contribution in [0, 0.1) is 0 Å². The molecular formula is C14H18N2O3S. The molecule has 1 atom stereocenters. The number of nitrogens with zero attached hydrogens (tertiary/aromatic N) is 1. The zero-order valence-electron chi connectivity index (χ0n) is 11.5. The second-order valence-electron chi connectivity index (χ2n) is 5.00. The van der Waals surface area contributed by atoms with E-state index < -0.39 is 15.6 Å². The fourth-order valence-electron chi connectivity index (χ4n) is 1.91. The van der Waals surface area contributed by atoms with Crippen LogP contribution in [0.2, 0.25) is 0 Å². The van der Waals surface area contributed by atoms with Gasteiger partial charge in [0.1, 0.15) is 0 Å². The summed E-state index contributed by atoms with van der Waals surface area (Å²) in [5.41, 5.74) is -0.249. The summed E-state index contributed by atoms with van der Waals surface area (Å²) in [4.78, 5) is 4.33. The van der Waals surface area contributed by atoms with Crippen molar-refractivity contribution in [2.75, 3.05) is 6.61 Å². The summed E-state index contributed by atoms with van der Waals surface area (Å²) in [6, 6.07) is 8.39. The third kappa shape index (κ3) is 2.82. The number of fused-ring (bicyclic) bond motifs is 1. The minimum Gasteiger partial charge on any atom is -0.394 e. The van der Waals surface area contributed by atoms with Crippen molar-refractivity contribution in [1.29, 1.82) is 0 Å². The molecule has 0 saturated heterocycles. The Labute approximate surface area is 118 Å². The van der Waals surface area contributed by atoms with E-state index in [4.69, 9.17) is 0 Å². The predicted octanol–water partition coefficient (Wildman–Crippen LogP) is 1.67. The standard InChI is InChI=1S/C14H18N2O3S/c1-3-14(2,10-17)16-20(18,19)13-8-4-7-12-11(13)6-5-9-15-12/h4-9,16-17H,3,10H2,1-2H3. The van der Waals surface area contributed by atoms with Crippen molar-refractivity contribution in [1.82, 2.24) is 9.71 Å². The Bertz CT molecular complexity index is 704. The molecular weight excluding hydrogens is 276 g/mol. The van der Waals surface area contributed by atoms with Gasteiger partial charge in [-0.3, -0.25) is 4.98 Å². The van der Waals surface area contributed by atoms with Gasteiger partial charge in [-0.2, -0.15) is 0 Å². The summed E-state index contributed by atoms with van der Waals surface area (Å²) in [6.07, 6.45) is 2.11. The van der Waals surface area contributed by atoms with Gasteiger partial charge in [0, 0.05) is 11.6 Å². The van der Waals surface area contributed by atoms with E-state index in [-0.39, 0.29) is 11.5 Å². The van der Waals surface area contributed by atoms with Gasteiger partial charge in [-0.05, 0) is 37.6 Å². The summed E-state index contributed by atoms with van der Waals surface area (Å²) >= 11 is 0. The van der Waals surface area contributed by atoms with E-state index in [1.165, 1.54) is 0 Å². The third-order valence-corrected chi connectivity index (χ3v) is 5.10. The van der Waals surface area contributed by atoms with Gasteiger partial charge in [-0.15, -0.1) is 0 Å². The highest BCUT2D eigenvalue weighted by molar-refractivity contribution is 7.89. The summed E-state index contributed by atoms with van der Waals surface area (Å²) in [7, 11) is -3.72. The molecule has 0 bridgehead atoms. The number of hydrogen-bond donors (Lipinski definition) is 2. The number of nitrogens with one attached hydrogen (secondary N) is 1. The van der Waals surface area contributed by atoms with Crippen LogP contribution in [0.1, 0.15) is 20.3 Å². The molecule has 0 radical (unpaired) electrons. The normalized spacial score (nSPS) is 15.2. The SMILES string of the molecule is CCC(C)(CO)NS(=O)(=O)c1cccc2ncccc12. The fraction of sp³-hybridized carbons (Fsp3) is 0.357. The topological polar surface area (TPSA) is 79.3 Å². The van der Waals surface area contributed by atoms with Crippen molar-refractivity contribution >= 4 is 20.9 Å². The van der Waals surface area contributed by atoms with Gasteiger partial charge in [-0.25, -0.2) is 13.1 Å². The van der Waals surface area contributed by atoms with Gasteiger partial charge >= 0.3 is 0 Å². The van der Waals surface area contributed by atoms with Crippen molar-refractivity contribution in [2.45, 2.75) is 30.7 Å². The second kappa shape index (κ2) is 5.47.